The van der Waals surface area contributed by atoms with Gasteiger partial charge >= 0.3 is 6.09 Å². The van der Waals surface area contributed by atoms with Crippen molar-refractivity contribution in [3.8, 4) is 0 Å². The van der Waals surface area contributed by atoms with Crippen LogP contribution in [0.15, 0.2) is 4.99 Å². The van der Waals surface area contributed by atoms with Crippen LogP contribution in [0.3, 0.4) is 0 Å². The molecule has 1 rings (SSSR count). The highest BCUT2D eigenvalue weighted by molar-refractivity contribution is 14.0. The van der Waals surface area contributed by atoms with Gasteiger partial charge in [-0.05, 0) is 0 Å². The molecule has 1 aliphatic heterocycles. The Morgan fingerprint density at radius 2 is 2.38 bits per heavy atom. The predicted molar refractivity (Wildman–Crippen MR) is 59.7 cm³/mol. The molecule has 1 aliphatic rings. The zero-order valence-electron chi connectivity index (χ0n) is 7.04. The normalized spacial score (nSPS) is 13.7. The molecule has 0 bridgehead atoms. The Hall–Kier alpha value is -0.730. The molecule has 4 N–H and O–H groups in total. The van der Waals surface area contributed by atoms with Crippen LogP contribution < -0.4 is 16.0 Å². The molecule has 1 heterocycles. The molecule has 0 saturated heterocycles. The first kappa shape index (κ1) is 12.3. The van der Waals surface area contributed by atoms with Crippen LogP contribution in [0.1, 0.15) is 0 Å². The van der Waals surface area contributed by atoms with E-state index >= 15 is 0 Å². The van der Waals surface area contributed by atoms with Crippen LogP contribution in [-0.2, 0) is 0 Å². The van der Waals surface area contributed by atoms with Crippen LogP contribution in [0.25, 0.3) is 0 Å². The van der Waals surface area contributed by atoms with Gasteiger partial charge in [0.05, 0.1) is 6.54 Å². The number of carboxylic acid groups (broad SMARTS) is 1. The summed E-state index contributed by atoms with van der Waals surface area (Å²) in [5.41, 5.74) is 0. The van der Waals surface area contributed by atoms with Gasteiger partial charge in [-0.25, -0.2) is 4.79 Å². The molecule has 0 atom stereocenters. The number of nitrogens with one attached hydrogen (secondary N) is 3. The third kappa shape index (κ3) is 5.50. The highest BCUT2D eigenvalue weighted by Gasteiger charge is 2.02. The van der Waals surface area contributed by atoms with E-state index in [1.54, 1.807) is 0 Å². The van der Waals surface area contributed by atoms with E-state index in [-0.39, 0.29) is 24.0 Å². The van der Waals surface area contributed by atoms with Crippen LogP contribution in [0.5, 0.6) is 0 Å². The largest absolute Gasteiger partial charge is 0.465 e. The Morgan fingerprint density at radius 1 is 1.62 bits per heavy atom. The lowest BCUT2D eigenvalue weighted by atomic mass is 10.6. The summed E-state index contributed by atoms with van der Waals surface area (Å²) in [7, 11) is 0. The maximum absolute atomic E-state index is 10.0. The van der Waals surface area contributed by atoms with Crippen LogP contribution in [-0.4, -0.2) is 43.3 Å². The van der Waals surface area contributed by atoms with Crippen LogP contribution >= 0.6 is 24.0 Å². The maximum atomic E-state index is 10.0. The van der Waals surface area contributed by atoms with Gasteiger partial charge in [0.1, 0.15) is 0 Å². The Kier molecular flexibility index (Phi) is 6.37. The van der Waals surface area contributed by atoms with Crippen molar-refractivity contribution in [2.24, 2.45) is 4.99 Å². The van der Waals surface area contributed by atoms with Gasteiger partial charge in [0.2, 0.25) is 0 Å². The number of nitrogens with zero attached hydrogens (tertiary/aromatic N) is 1. The molecule has 0 spiro atoms. The molecule has 0 unspecified atom stereocenters. The van der Waals surface area contributed by atoms with Gasteiger partial charge in [-0.2, -0.15) is 0 Å². The van der Waals surface area contributed by atoms with Crippen molar-refractivity contribution in [1.82, 2.24) is 16.0 Å². The molecular formula is C6H13IN4O2. The third-order valence-corrected chi connectivity index (χ3v) is 1.37. The van der Waals surface area contributed by atoms with Gasteiger partial charge in [0.25, 0.3) is 0 Å². The maximum Gasteiger partial charge on any atom is 0.404 e. The van der Waals surface area contributed by atoms with Gasteiger partial charge in [0, 0.05) is 19.6 Å². The Morgan fingerprint density at radius 3 is 2.92 bits per heavy atom. The minimum atomic E-state index is -1.00. The quantitative estimate of drug-likeness (QED) is 0.415. The molecule has 6 nitrogen and oxygen atoms in total. The van der Waals surface area contributed by atoms with Gasteiger partial charge in [0.15, 0.2) is 5.96 Å². The summed E-state index contributed by atoms with van der Waals surface area (Å²) in [6.07, 6.45) is -1.00. The van der Waals surface area contributed by atoms with Gasteiger partial charge in [-0.15, -0.1) is 24.0 Å². The van der Waals surface area contributed by atoms with Crippen LogP contribution in [0.4, 0.5) is 4.79 Å². The molecule has 0 aromatic heterocycles. The molecule has 7 heteroatoms. The average molecular weight is 300 g/mol. The van der Waals surface area contributed by atoms with E-state index in [2.05, 4.69) is 20.9 Å². The lowest BCUT2D eigenvalue weighted by Crippen LogP contribution is -2.38. The number of rotatable bonds is 3. The van der Waals surface area contributed by atoms with E-state index in [1.807, 2.05) is 0 Å². The van der Waals surface area contributed by atoms with Gasteiger partial charge in [-0.1, -0.05) is 0 Å². The second kappa shape index (κ2) is 6.75. The second-order valence-corrected chi connectivity index (χ2v) is 2.32. The average Bonchev–Trinajstić information content (AvgIpc) is 2.49. The number of guanidine groups is 1. The minimum absolute atomic E-state index is 0. The lowest BCUT2D eigenvalue weighted by molar-refractivity contribution is 0.194. The van der Waals surface area contributed by atoms with Crippen molar-refractivity contribution in [1.29, 1.82) is 0 Å². The Labute approximate surface area is 93.2 Å². The first-order valence-corrected chi connectivity index (χ1v) is 3.78. The first-order chi connectivity index (χ1) is 5.79. The smallest absolute Gasteiger partial charge is 0.404 e. The summed E-state index contributed by atoms with van der Waals surface area (Å²) in [4.78, 5) is 14.1. The van der Waals surface area contributed by atoms with Crippen LogP contribution in [0, 0.1) is 0 Å². The topological polar surface area (TPSA) is 85.8 Å². The standard InChI is InChI=1S/C6H12N4O2.HI/c11-6(12)10-4-3-9-5-7-1-2-8-5;/h10H,1-4H2,(H,11,12)(H2,7,8,9);1H. The fraction of sp³-hybridized carbons (Fsp3) is 0.667. The SMILES string of the molecule is I.O=C(O)NCCNC1=NCCN1. The van der Waals surface area contributed by atoms with Gasteiger partial charge < -0.3 is 21.1 Å². The van der Waals surface area contributed by atoms with Crippen LogP contribution in [0.2, 0.25) is 0 Å². The highest BCUT2D eigenvalue weighted by atomic mass is 127. The first-order valence-electron chi connectivity index (χ1n) is 3.78. The summed E-state index contributed by atoms with van der Waals surface area (Å²) < 4.78 is 0. The monoisotopic (exact) mass is 300 g/mol. The van der Waals surface area contributed by atoms with Crippen molar-refractivity contribution in [3.05, 3.63) is 0 Å². The van der Waals surface area contributed by atoms with E-state index < -0.39 is 6.09 Å². The van der Waals surface area contributed by atoms with Crippen molar-refractivity contribution in [2.45, 2.75) is 0 Å². The summed E-state index contributed by atoms with van der Waals surface area (Å²) >= 11 is 0. The highest BCUT2D eigenvalue weighted by Crippen LogP contribution is 1.79. The second-order valence-electron chi connectivity index (χ2n) is 2.32. The molecule has 13 heavy (non-hydrogen) atoms. The number of amides is 1. The molecule has 0 aromatic rings. The molecule has 0 radical (unpaired) electrons. The summed E-state index contributed by atoms with van der Waals surface area (Å²) in [5, 5.41) is 16.4. The third-order valence-electron chi connectivity index (χ3n) is 1.37. The van der Waals surface area contributed by atoms with Gasteiger partial charge in [-0.3, -0.25) is 4.99 Å². The van der Waals surface area contributed by atoms with E-state index in [1.165, 1.54) is 0 Å². The lowest BCUT2D eigenvalue weighted by Gasteiger charge is -2.05. The molecule has 0 aromatic carbocycles. The molecule has 76 valence electrons. The fourth-order valence-corrected chi connectivity index (χ4v) is 0.867. The Bertz CT molecular complexity index is 197. The molecular weight excluding hydrogens is 287 g/mol. The number of halogens is 1. The van der Waals surface area contributed by atoms with Crippen molar-refractivity contribution >= 4 is 36.0 Å². The number of hydrogen-bond acceptors (Lipinski definition) is 4. The summed E-state index contributed by atoms with van der Waals surface area (Å²) in [5.74, 6) is 0.752. The predicted octanol–water partition coefficient (Wildman–Crippen LogP) is -0.579. The fourth-order valence-electron chi connectivity index (χ4n) is 0.867. The molecule has 1 amide bonds. The number of hydrogen-bond donors (Lipinski definition) is 4. The molecule has 0 fully saturated rings. The number of carbonyl (C=O) groups is 1. The zero-order chi connectivity index (χ0) is 8.81. The molecule has 0 saturated carbocycles. The Balaban J connectivity index is 0.00000144. The van der Waals surface area contributed by atoms with E-state index in [9.17, 15) is 4.79 Å². The van der Waals surface area contributed by atoms with E-state index in [0.717, 1.165) is 19.0 Å². The summed E-state index contributed by atoms with van der Waals surface area (Å²) in [6, 6.07) is 0. The van der Waals surface area contributed by atoms with Crippen molar-refractivity contribution in [3.63, 3.8) is 0 Å². The van der Waals surface area contributed by atoms with E-state index in [4.69, 9.17) is 5.11 Å². The zero-order valence-corrected chi connectivity index (χ0v) is 9.37. The summed E-state index contributed by atoms with van der Waals surface area (Å²) in [6.45, 7) is 2.58. The minimum Gasteiger partial charge on any atom is -0.465 e. The number of aliphatic imine (C=N–C) groups is 1. The molecule has 0 aliphatic carbocycles. The van der Waals surface area contributed by atoms with Crippen molar-refractivity contribution < 1.29 is 9.90 Å². The van der Waals surface area contributed by atoms with Crippen molar-refractivity contribution in [2.75, 3.05) is 26.2 Å². The van der Waals surface area contributed by atoms with E-state index in [0.29, 0.717) is 13.1 Å².